The quantitative estimate of drug-likeness (QED) is 0.894. The Bertz CT molecular complexity index is 451. The van der Waals surface area contributed by atoms with E-state index in [-0.39, 0.29) is 24.4 Å². The summed E-state index contributed by atoms with van der Waals surface area (Å²) in [5, 5.41) is 0. The van der Waals surface area contributed by atoms with Gasteiger partial charge in [-0.2, -0.15) is 0 Å². The van der Waals surface area contributed by atoms with Gasteiger partial charge in [-0.3, -0.25) is 4.79 Å². The molecule has 0 heterocycles. The number of halogens is 2. The van der Waals surface area contributed by atoms with E-state index in [0.29, 0.717) is 5.56 Å². The van der Waals surface area contributed by atoms with Crippen LogP contribution in [0.1, 0.15) is 38.3 Å². The smallest absolute Gasteiger partial charge is 0.224 e. The molecule has 0 radical (unpaired) electrons. The topological polar surface area (TPSA) is 46.3 Å². The van der Waals surface area contributed by atoms with Crippen LogP contribution in [0.2, 0.25) is 0 Å². The molecule has 2 atom stereocenters. The average molecular weight is 270 g/mol. The molecule has 1 aromatic carbocycles. The molecule has 0 bridgehead atoms. The highest BCUT2D eigenvalue weighted by molar-refractivity contribution is 5.77. The molecule has 0 aliphatic rings. The fraction of sp³-hybridized carbons (Fsp3) is 0.500. The maximum absolute atomic E-state index is 13.2. The van der Waals surface area contributed by atoms with Crippen LogP contribution in [0.5, 0.6) is 0 Å². The third-order valence-electron chi connectivity index (χ3n) is 3.36. The van der Waals surface area contributed by atoms with Gasteiger partial charge in [0.25, 0.3) is 0 Å². The minimum Gasteiger partial charge on any atom is -0.339 e. The Labute approximate surface area is 112 Å². The lowest BCUT2D eigenvalue weighted by atomic mass is 10.1. The predicted molar refractivity (Wildman–Crippen MR) is 70.4 cm³/mol. The zero-order valence-corrected chi connectivity index (χ0v) is 11.5. The first-order valence-electron chi connectivity index (χ1n) is 6.33. The molecule has 2 N–H and O–H groups in total. The minimum absolute atomic E-state index is 0.105. The molecule has 0 spiro atoms. The van der Waals surface area contributed by atoms with Crippen LogP contribution in [0.15, 0.2) is 18.2 Å². The van der Waals surface area contributed by atoms with Crippen molar-refractivity contribution in [1.82, 2.24) is 4.90 Å². The molecule has 1 amide bonds. The Balaban J connectivity index is 2.78. The van der Waals surface area contributed by atoms with Crippen molar-refractivity contribution in [2.75, 3.05) is 7.05 Å². The number of benzene rings is 1. The van der Waals surface area contributed by atoms with Gasteiger partial charge in [-0.25, -0.2) is 8.78 Å². The van der Waals surface area contributed by atoms with Gasteiger partial charge < -0.3 is 10.6 Å². The maximum atomic E-state index is 13.2. The summed E-state index contributed by atoms with van der Waals surface area (Å²) >= 11 is 0. The van der Waals surface area contributed by atoms with E-state index in [0.717, 1.165) is 18.6 Å². The summed E-state index contributed by atoms with van der Waals surface area (Å²) in [6, 6.07) is 3.16. The molecule has 0 aromatic heterocycles. The van der Waals surface area contributed by atoms with E-state index in [1.807, 2.05) is 6.92 Å². The van der Waals surface area contributed by atoms with Crippen molar-refractivity contribution < 1.29 is 13.6 Å². The van der Waals surface area contributed by atoms with Gasteiger partial charge in [0, 0.05) is 19.5 Å². The second-order valence-electron chi connectivity index (χ2n) is 4.73. The van der Waals surface area contributed by atoms with Crippen LogP contribution >= 0.6 is 0 Å². The normalized spacial score (nSPS) is 14.0. The van der Waals surface area contributed by atoms with Crippen molar-refractivity contribution in [2.45, 2.75) is 38.8 Å². The molecular formula is C14H20F2N2O. The van der Waals surface area contributed by atoms with E-state index in [1.54, 1.807) is 14.0 Å². The minimum atomic E-state index is -0.907. The van der Waals surface area contributed by atoms with Crippen LogP contribution in [0.25, 0.3) is 0 Å². The van der Waals surface area contributed by atoms with E-state index in [1.165, 1.54) is 11.0 Å². The zero-order chi connectivity index (χ0) is 14.6. The number of nitrogens with zero attached hydrogens (tertiary/aromatic N) is 1. The molecule has 3 nitrogen and oxygen atoms in total. The zero-order valence-electron chi connectivity index (χ0n) is 11.5. The summed E-state index contributed by atoms with van der Waals surface area (Å²) in [5.41, 5.74) is 6.29. The first kappa shape index (κ1) is 15.6. The Kier molecular flexibility index (Phi) is 5.42. The van der Waals surface area contributed by atoms with Crippen LogP contribution in [-0.2, 0) is 4.79 Å². The van der Waals surface area contributed by atoms with Gasteiger partial charge in [0.05, 0.1) is 6.04 Å². The van der Waals surface area contributed by atoms with E-state index >= 15 is 0 Å². The van der Waals surface area contributed by atoms with Gasteiger partial charge in [0.1, 0.15) is 0 Å². The summed E-state index contributed by atoms with van der Waals surface area (Å²) in [5.74, 6) is -1.90. The molecule has 0 saturated carbocycles. The fourth-order valence-electron chi connectivity index (χ4n) is 1.72. The van der Waals surface area contributed by atoms with Gasteiger partial charge in [-0.15, -0.1) is 0 Å². The molecule has 106 valence electrons. The van der Waals surface area contributed by atoms with Gasteiger partial charge >= 0.3 is 0 Å². The van der Waals surface area contributed by atoms with E-state index in [9.17, 15) is 13.6 Å². The SMILES string of the molecule is CCC(N)CC(=O)N(C)C(C)c1ccc(F)c(F)c1. The van der Waals surface area contributed by atoms with Crippen molar-refractivity contribution in [1.29, 1.82) is 0 Å². The molecule has 2 unspecified atom stereocenters. The fourth-order valence-corrected chi connectivity index (χ4v) is 1.72. The third kappa shape index (κ3) is 3.99. The van der Waals surface area contributed by atoms with Crippen LogP contribution in [0, 0.1) is 11.6 Å². The van der Waals surface area contributed by atoms with Crippen LogP contribution in [-0.4, -0.2) is 23.9 Å². The van der Waals surface area contributed by atoms with E-state index < -0.39 is 11.6 Å². The summed E-state index contributed by atoms with van der Waals surface area (Å²) in [6.45, 7) is 3.68. The third-order valence-corrected chi connectivity index (χ3v) is 3.36. The second-order valence-corrected chi connectivity index (χ2v) is 4.73. The summed E-state index contributed by atoms with van der Waals surface area (Å²) in [4.78, 5) is 13.5. The molecule has 1 rings (SSSR count). The van der Waals surface area contributed by atoms with Crippen molar-refractivity contribution in [3.05, 3.63) is 35.4 Å². The van der Waals surface area contributed by atoms with Crippen molar-refractivity contribution in [2.24, 2.45) is 5.73 Å². The van der Waals surface area contributed by atoms with Crippen LogP contribution < -0.4 is 5.73 Å². The van der Waals surface area contributed by atoms with Crippen molar-refractivity contribution in [3.8, 4) is 0 Å². The summed E-state index contributed by atoms with van der Waals surface area (Å²) in [6.07, 6.45) is 0.972. The number of hydrogen-bond acceptors (Lipinski definition) is 2. The molecule has 19 heavy (non-hydrogen) atoms. The molecular weight excluding hydrogens is 250 g/mol. The largest absolute Gasteiger partial charge is 0.339 e. The van der Waals surface area contributed by atoms with Gasteiger partial charge in [-0.05, 0) is 31.0 Å². The van der Waals surface area contributed by atoms with E-state index in [4.69, 9.17) is 5.73 Å². The number of amides is 1. The molecule has 0 aliphatic carbocycles. The molecule has 0 fully saturated rings. The lowest BCUT2D eigenvalue weighted by Crippen LogP contribution is -2.34. The van der Waals surface area contributed by atoms with Crippen LogP contribution in [0.3, 0.4) is 0 Å². The highest BCUT2D eigenvalue weighted by atomic mass is 19.2. The van der Waals surface area contributed by atoms with Gasteiger partial charge in [0.15, 0.2) is 11.6 Å². The molecule has 1 aromatic rings. The molecule has 0 saturated heterocycles. The lowest BCUT2D eigenvalue weighted by Gasteiger charge is -2.26. The van der Waals surface area contributed by atoms with Crippen LogP contribution in [0.4, 0.5) is 8.78 Å². The lowest BCUT2D eigenvalue weighted by molar-refractivity contribution is -0.132. The maximum Gasteiger partial charge on any atom is 0.224 e. The van der Waals surface area contributed by atoms with Gasteiger partial charge in [0.2, 0.25) is 5.91 Å². The first-order valence-corrected chi connectivity index (χ1v) is 6.33. The highest BCUT2D eigenvalue weighted by Crippen LogP contribution is 2.21. The Hall–Kier alpha value is -1.49. The standard InChI is InChI=1S/C14H20F2N2O/c1-4-11(17)8-14(19)18(3)9(2)10-5-6-12(15)13(16)7-10/h5-7,9,11H,4,8,17H2,1-3H3. The summed E-state index contributed by atoms with van der Waals surface area (Å²) in [7, 11) is 1.64. The van der Waals surface area contributed by atoms with Gasteiger partial charge in [-0.1, -0.05) is 13.0 Å². The number of carbonyl (C=O) groups is 1. The number of carbonyl (C=O) groups excluding carboxylic acids is 1. The number of rotatable bonds is 5. The van der Waals surface area contributed by atoms with Crippen molar-refractivity contribution >= 4 is 5.91 Å². The Morgan fingerprint density at radius 3 is 2.53 bits per heavy atom. The monoisotopic (exact) mass is 270 g/mol. The van der Waals surface area contributed by atoms with E-state index in [2.05, 4.69) is 0 Å². The Morgan fingerprint density at radius 2 is 2.00 bits per heavy atom. The van der Waals surface area contributed by atoms with Crippen molar-refractivity contribution in [3.63, 3.8) is 0 Å². The molecule has 0 aliphatic heterocycles. The second kappa shape index (κ2) is 6.61. The Morgan fingerprint density at radius 1 is 1.37 bits per heavy atom. The first-order chi connectivity index (χ1) is 8.86. The highest BCUT2D eigenvalue weighted by Gasteiger charge is 2.20. The summed E-state index contributed by atoms with van der Waals surface area (Å²) < 4.78 is 26.0. The number of hydrogen-bond donors (Lipinski definition) is 1. The number of nitrogens with two attached hydrogens (primary N) is 1. The molecule has 5 heteroatoms. The predicted octanol–water partition coefficient (Wildman–Crippen LogP) is 2.61. The average Bonchev–Trinajstić information content (AvgIpc) is 2.39.